The summed E-state index contributed by atoms with van der Waals surface area (Å²) in [5.74, 6) is -2.22. The lowest BCUT2D eigenvalue weighted by atomic mass is 9.94. The number of hydrogen-bond donors (Lipinski definition) is 2. The Balaban J connectivity index is 1.51. The fourth-order valence-electron chi connectivity index (χ4n) is 4.41. The van der Waals surface area contributed by atoms with Crippen molar-refractivity contribution in [2.75, 3.05) is 0 Å². The van der Waals surface area contributed by atoms with E-state index in [0.717, 1.165) is 28.3 Å². The van der Waals surface area contributed by atoms with Crippen molar-refractivity contribution in [3.05, 3.63) is 83.9 Å². The molecule has 0 radical (unpaired) electrons. The van der Waals surface area contributed by atoms with E-state index >= 15 is 0 Å². The van der Waals surface area contributed by atoms with E-state index in [1.54, 1.807) is 6.92 Å². The van der Waals surface area contributed by atoms with Crippen LogP contribution in [-0.2, 0) is 32.0 Å². The van der Waals surface area contributed by atoms with Gasteiger partial charge in [0.05, 0.1) is 12.0 Å². The van der Waals surface area contributed by atoms with Crippen LogP contribution in [0.5, 0.6) is 0 Å². The number of fused-ring (bicyclic) bond motifs is 1. The van der Waals surface area contributed by atoms with E-state index in [9.17, 15) is 19.2 Å². The number of carbonyl (C=O) groups excluding carboxylic acids is 4. The van der Waals surface area contributed by atoms with Crippen molar-refractivity contribution in [2.45, 2.75) is 57.9 Å². The van der Waals surface area contributed by atoms with Gasteiger partial charge in [0.1, 0.15) is 5.78 Å². The van der Waals surface area contributed by atoms with E-state index in [0.29, 0.717) is 19.3 Å². The molecule has 0 unspecified atom stereocenters. The van der Waals surface area contributed by atoms with E-state index in [-0.39, 0.29) is 30.8 Å². The molecule has 0 aromatic heterocycles. The van der Waals surface area contributed by atoms with Gasteiger partial charge in [-0.05, 0) is 48.1 Å². The van der Waals surface area contributed by atoms with E-state index < -0.39 is 23.8 Å². The lowest BCUT2D eigenvalue weighted by molar-refractivity contribution is -0.134. The zero-order valence-electron chi connectivity index (χ0n) is 20.7. The highest BCUT2D eigenvalue weighted by Gasteiger charge is 2.26. The molecule has 36 heavy (non-hydrogen) atoms. The van der Waals surface area contributed by atoms with Crippen LogP contribution in [0.1, 0.15) is 50.2 Å². The van der Waals surface area contributed by atoms with Crippen LogP contribution in [0.3, 0.4) is 0 Å². The molecule has 0 aliphatic carbocycles. The van der Waals surface area contributed by atoms with Gasteiger partial charge in [0.15, 0.2) is 5.78 Å². The Labute approximate surface area is 212 Å². The highest BCUT2D eigenvalue weighted by atomic mass is 16.2. The Hall–Kier alpha value is -3.80. The van der Waals surface area contributed by atoms with E-state index in [4.69, 9.17) is 5.73 Å². The second-order valence-electron chi connectivity index (χ2n) is 9.28. The van der Waals surface area contributed by atoms with Crippen LogP contribution >= 0.6 is 0 Å². The number of ketones is 2. The number of carbonyl (C=O) groups is 4. The van der Waals surface area contributed by atoms with Gasteiger partial charge in [-0.3, -0.25) is 19.2 Å². The fourth-order valence-corrected chi connectivity index (χ4v) is 4.41. The first-order valence-electron chi connectivity index (χ1n) is 12.5. The van der Waals surface area contributed by atoms with Gasteiger partial charge >= 0.3 is 0 Å². The standard InChI is InChI=1S/C30H34N2O4/c1-21(28(34)18-17-24-14-8-13-23-12-5-6-16-27(23)24)32-30(36)25(20-29(31)35)19-26(33)15-7-11-22-9-3-2-4-10-22/h2-6,8-10,12-14,16,21,25H,7,11,15,17-20H2,1H3,(H2,31,35)(H,32,36)/t21-,25-/m0/s1. The molecule has 2 amide bonds. The smallest absolute Gasteiger partial charge is 0.224 e. The van der Waals surface area contributed by atoms with Crippen LogP contribution in [0.15, 0.2) is 72.8 Å². The second kappa shape index (κ2) is 13.3. The van der Waals surface area contributed by atoms with Gasteiger partial charge in [-0.15, -0.1) is 0 Å². The maximum absolute atomic E-state index is 12.9. The largest absolute Gasteiger partial charge is 0.370 e. The lowest BCUT2D eigenvalue weighted by Gasteiger charge is -2.19. The average Bonchev–Trinajstić information content (AvgIpc) is 2.87. The summed E-state index contributed by atoms with van der Waals surface area (Å²) >= 11 is 0. The fraction of sp³-hybridized carbons (Fsp3) is 0.333. The summed E-state index contributed by atoms with van der Waals surface area (Å²) in [6.45, 7) is 1.63. The Morgan fingerprint density at radius 1 is 0.806 bits per heavy atom. The molecule has 0 saturated carbocycles. The molecule has 0 bridgehead atoms. The van der Waals surface area contributed by atoms with E-state index in [1.165, 1.54) is 0 Å². The number of rotatable bonds is 14. The summed E-state index contributed by atoms with van der Waals surface area (Å²) in [5.41, 5.74) is 7.56. The lowest BCUT2D eigenvalue weighted by Crippen LogP contribution is -2.43. The van der Waals surface area contributed by atoms with E-state index in [2.05, 4.69) is 5.32 Å². The molecular formula is C30H34N2O4. The number of aryl methyl sites for hydroxylation is 2. The second-order valence-corrected chi connectivity index (χ2v) is 9.28. The maximum Gasteiger partial charge on any atom is 0.224 e. The van der Waals surface area contributed by atoms with Crippen molar-refractivity contribution in [2.24, 2.45) is 11.7 Å². The molecule has 0 heterocycles. The van der Waals surface area contributed by atoms with Crippen LogP contribution in [-0.4, -0.2) is 29.4 Å². The van der Waals surface area contributed by atoms with Gasteiger partial charge < -0.3 is 11.1 Å². The topological polar surface area (TPSA) is 106 Å². The molecule has 2 atom stereocenters. The van der Waals surface area contributed by atoms with Gasteiger partial charge in [-0.25, -0.2) is 0 Å². The summed E-state index contributed by atoms with van der Waals surface area (Å²) in [6, 6.07) is 23.2. The number of nitrogens with two attached hydrogens (primary N) is 1. The van der Waals surface area contributed by atoms with E-state index in [1.807, 2.05) is 72.8 Å². The van der Waals surface area contributed by atoms with Crippen molar-refractivity contribution in [3.63, 3.8) is 0 Å². The van der Waals surface area contributed by atoms with Crippen molar-refractivity contribution in [1.29, 1.82) is 0 Å². The molecule has 0 aliphatic heterocycles. The van der Waals surface area contributed by atoms with Crippen LogP contribution in [0.2, 0.25) is 0 Å². The van der Waals surface area contributed by atoms with Crippen molar-refractivity contribution >= 4 is 34.2 Å². The Kier molecular flexibility index (Phi) is 9.92. The third kappa shape index (κ3) is 8.15. The molecule has 3 rings (SSSR count). The minimum atomic E-state index is -0.875. The summed E-state index contributed by atoms with van der Waals surface area (Å²) in [7, 11) is 0. The number of Topliss-reactive ketones (excluding diaryl/α,β-unsaturated/α-hetero) is 2. The van der Waals surface area contributed by atoms with Crippen LogP contribution in [0, 0.1) is 5.92 Å². The van der Waals surface area contributed by atoms with Gasteiger partial charge in [0, 0.05) is 25.7 Å². The highest BCUT2D eigenvalue weighted by Crippen LogP contribution is 2.20. The molecule has 3 N–H and O–H groups in total. The average molecular weight is 487 g/mol. The summed E-state index contributed by atoms with van der Waals surface area (Å²) in [4.78, 5) is 49.7. The number of nitrogens with one attached hydrogen (secondary N) is 1. The molecule has 0 saturated heterocycles. The Morgan fingerprint density at radius 2 is 1.50 bits per heavy atom. The number of primary amides is 1. The SMILES string of the molecule is C[C@H](NC(=O)[C@H](CC(N)=O)CC(=O)CCCc1ccccc1)C(=O)CCc1cccc2ccccc12. The van der Waals surface area contributed by atoms with Gasteiger partial charge in [-0.1, -0.05) is 72.8 Å². The molecule has 6 heteroatoms. The minimum Gasteiger partial charge on any atom is -0.370 e. The molecule has 6 nitrogen and oxygen atoms in total. The van der Waals surface area contributed by atoms with Gasteiger partial charge in [0.25, 0.3) is 0 Å². The summed E-state index contributed by atoms with van der Waals surface area (Å²) in [5, 5.41) is 4.92. The van der Waals surface area contributed by atoms with Crippen molar-refractivity contribution in [3.8, 4) is 0 Å². The maximum atomic E-state index is 12.9. The van der Waals surface area contributed by atoms with Crippen LogP contribution in [0.25, 0.3) is 10.8 Å². The number of benzene rings is 3. The third-order valence-corrected chi connectivity index (χ3v) is 6.42. The first kappa shape index (κ1) is 26.8. The highest BCUT2D eigenvalue weighted by molar-refractivity contribution is 5.94. The first-order chi connectivity index (χ1) is 17.3. The van der Waals surface area contributed by atoms with Gasteiger partial charge in [-0.2, -0.15) is 0 Å². The number of hydrogen-bond acceptors (Lipinski definition) is 4. The van der Waals surface area contributed by atoms with Gasteiger partial charge in [0.2, 0.25) is 11.8 Å². The predicted octanol–water partition coefficient (Wildman–Crippen LogP) is 4.32. The molecule has 3 aromatic carbocycles. The molecule has 0 aliphatic rings. The zero-order chi connectivity index (χ0) is 25.9. The minimum absolute atomic E-state index is 0.0690. The molecule has 3 aromatic rings. The monoisotopic (exact) mass is 486 g/mol. The van der Waals surface area contributed by atoms with Crippen LogP contribution in [0.4, 0.5) is 0 Å². The Bertz CT molecular complexity index is 1200. The quantitative estimate of drug-likeness (QED) is 0.354. The third-order valence-electron chi connectivity index (χ3n) is 6.42. The van der Waals surface area contributed by atoms with Crippen LogP contribution < -0.4 is 11.1 Å². The molecule has 0 fully saturated rings. The summed E-state index contributed by atoms with van der Waals surface area (Å²) in [6.07, 6.45) is 2.28. The molecule has 0 spiro atoms. The Morgan fingerprint density at radius 3 is 2.25 bits per heavy atom. The van der Waals surface area contributed by atoms with Crippen molar-refractivity contribution in [1.82, 2.24) is 5.32 Å². The molecular weight excluding hydrogens is 452 g/mol. The van der Waals surface area contributed by atoms with Crippen molar-refractivity contribution < 1.29 is 19.2 Å². The molecule has 188 valence electrons. The normalized spacial score (nSPS) is 12.6. The predicted molar refractivity (Wildman–Crippen MR) is 141 cm³/mol. The first-order valence-corrected chi connectivity index (χ1v) is 12.5. The number of amides is 2. The summed E-state index contributed by atoms with van der Waals surface area (Å²) < 4.78 is 0. The zero-order valence-corrected chi connectivity index (χ0v) is 20.7.